The minimum Gasteiger partial charge on any atom is -0.493 e. The second-order valence-electron chi connectivity index (χ2n) is 7.31. The number of ether oxygens (including phenoxy) is 1. The summed E-state index contributed by atoms with van der Waals surface area (Å²) < 4.78 is 7.50. The zero-order chi connectivity index (χ0) is 19.6. The lowest BCUT2D eigenvalue weighted by atomic mass is 10.0. The first kappa shape index (κ1) is 19.3. The van der Waals surface area contributed by atoms with Crippen molar-refractivity contribution in [1.29, 1.82) is 0 Å². The van der Waals surface area contributed by atoms with Crippen LogP contribution in [0, 0.1) is 12.8 Å². The molecule has 0 amide bonds. The van der Waals surface area contributed by atoms with Gasteiger partial charge in [0, 0.05) is 24.2 Å². The van der Waals surface area contributed by atoms with Gasteiger partial charge in [0.1, 0.15) is 5.75 Å². The zero-order valence-corrected chi connectivity index (χ0v) is 16.1. The Hall–Kier alpha value is -2.44. The highest BCUT2D eigenvalue weighted by Gasteiger charge is 2.14. The van der Waals surface area contributed by atoms with Crippen molar-refractivity contribution in [3.63, 3.8) is 0 Å². The Labute approximate surface area is 158 Å². The molecule has 0 aliphatic rings. The maximum atomic E-state index is 13.1. The normalized spacial score (nSPS) is 13.8. The first-order valence-corrected chi connectivity index (χ1v) is 9.33. The van der Waals surface area contributed by atoms with E-state index in [0.29, 0.717) is 23.7 Å². The summed E-state index contributed by atoms with van der Waals surface area (Å²) in [5.41, 5.74) is 7.24. The Kier molecular flexibility index (Phi) is 5.77. The van der Waals surface area contributed by atoms with Crippen LogP contribution in [0.2, 0.25) is 0 Å². The molecule has 0 bridgehead atoms. The summed E-state index contributed by atoms with van der Waals surface area (Å²) in [6, 6.07) is 7.65. The van der Waals surface area contributed by atoms with Gasteiger partial charge in [0.05, 0.1) is 29.8 Å². The minimum absolute atomic E-state index is 0.111. The van der Waals surface area contributed by atoms with Crippen LogP contribution in [0.5, 0.6) is 5.75 Å². The number of aryl methyl sites for hydroxylation is 1. The van der Waals surface area contributed by atoms with Gasteiger partial charge in [-0.3, -0.25) is 9.78 Å². The monoisotopic (exact) mass is 369 g/mol. The summed E-state index contributed by atoms with van der Waals surface area (Å²) in [5.74, 6) is 0.994. The summed E-state index contributed by atoms with van der Waals surface area (Å²) in [7, 11) is 0. The topological polar surface area (TPSA) is 90.4 Å². The molecule has 0 fully saturated rings. The molecule has 1 aromatic carbocycles. The Balaban J connectivity index is 2.07. The smallest absolute Gasteiger partial charge is 0.259 e. The second kappa shape index (κ2) is 8.06. The molecule has 0 spiro atoms. The summed E-state index contributed by atoms with van der Waals surface area (Å²) in [5, 5.41) is 11.8. The number of rotatable bonds is 7. The molecule has 2 heterocycles. The molecule has 6 heteroatoms. The van der Waals surface area contributed by atoms with Crippen molar-refractivity contribution in [2.45, 2.75) is 39.8 Å². The SMILES string of the molecule is Cc1nccc2c3ccc(OCC(C)CC(C)N)cc3c(=O)n(CCO)c12. The summed E-state index contributed by atoms with van der Waals surface area (Å²) in [6.45, 7) is 6.63. The van der Waals surface area contributed by atoms with Gasteiger partial charge in [-0.2, -0.15) is 0 Å². The maximum Gasteiger partial charge on any atom is 0.259 e. The predicted molar refractivity (Wildman–Crippen MR) is 108 cm³/mol. The lowest BCUT2D eigenvalue weighted by molar-refractivity contribution is 0.246. The van der Waals surface area contributed by atoms with E-state index >= 15 is 0 Å². The van der Waals surface area contributed by atoms with Gasteiger partial charge in [0.15, 0.2) is 0 Å². The van der Waals surface area contributed by atoms with Gasteiger partial charge in [0.2, 0.25) is 0 Å². The molecule has 0 radical (unpaired) electrons. The fourth-order valence-corrected chi connectivity index (χ4v) is 3.64. The fourth-order valence-electron chi connectivity index (χ4n) is 3.64. The largest absolute Gasteiger partial charge is 0.493 e. The molecule has 27 heavy (non-hydrogen) atoms. The number of fused-ring (bicyclic) bond motifs is 3. The molecule has 3 aromatic rings. The molecule has 2 atom stereocenters. The van der Waals surface area contributed by atoms with Gasteiger partial charge in [-0.1, -0.05) is 6.92 Å². The molecular weight excluding hydrogens is 342 g/mol. The second-order valence-corrected chi connectivity index (χ2v) is 7.31. The number of nitrogens with two attached hydrogens (primary N) is 1. The molecular formula is C21H27N3O3. The summed E-state index contributed by atoms with van der Waals surface area (Å²) in [4.78, 5) is 17.4. The Morgan fingerprint density at radius 1 is 1.22 bits per heavy atom. The van der Waals surface area contributed by atoms with Crippen LogP contribution in [0.25, 0.3) is 21.7 Å². The van der Waals surface area contributed by atoms with Crippen LogP contribution in [0.15, 0.2) is 35.3 Å². The Morgan fingerprint density at radius 3 is 2.70 bits per heavy atom. The van der Waals surface area contributed by atoms with Gasteiger partial charge in [-0.15, -0.1) is 0 Å². The summed E-state index contributed by atoms with van der Waals surface area (Å²) in [6.07, 6.45) is 2.62. The third-order valence-corrected chi connectivity index (χ3v) is 4.77. The molecule has 6 nitrogen and oxygen atoms in total. The standard InChI is InChI=1S/C21H27N3O3/c1-13(10-14(2)22)12-27-16-4-5-17-18-6-7-23-15(3)20(18)24(8-9-25)21(26)19(17)11-16/h4-7,11,13-14,25H,8-10,12,22H2,1-3H3. The number of pyridine rings is 2. The van der Waals surface area contributed by atoms with E-state index in [0.717, 1.165) is 28.4 Å². The highest BCUT2D eigenvalue weighted by Crippen LogP contribution is 2.27. The molecule has 3 rings (SSSR count). The van der Waals surface area contributed by atoms with Crippen LogP contribution in [0.4, 0.5) is 0 Å². The van der Waals surface area contributed by atoms with Gasteiger partial charge < -0.3 is 20.1 Å². The number of aromatic nitrogens is 2. The van der Waals surface area contributed by atoms with Crippen molar-refractivity contribution in [2.75, 3.05) is 13.2 Å². The van der Waals surface area contributed by atoms with Crippen LogP contribution in [0.1, 0.15) is 26.0 Å². The van der Waals surface area contributed by atoms with Gasteiger partial charge in [-0.05, 0) is 55.8 Å². The molecule has 0 saturated heterocycles. The van der Waals surface area contributed by atoms with E-state index in [1.807, 2.05) is 32.0 Å². The molecule has 2 unspecified atom stereocenters. The highest BCUT2D eigenvalue weighted by atomic mass is 16.5. The maximum absolute atomic E-state index is 13.1. The van der Waals surface area contributed by atoms with E-state index in [2.05, 4.69) is 11.9 Å². The van der Waals surface area contributed by atoms with E-state index in [9.17, 15) is 9.90 Å². The van der Waals surface area contributed by atoms with Crippen molar-refractivity contribution >= 4 is 21.7 Å². The van der Waals surface area contributed by atoms with Gasteiger partial charge in [-0.25, -0.2) is 0 Å². The lowest BCUT2D eigenvalue weighted by Crippen LogP contribution is -2.23. The minimum atomic E-state index is -0.142. The van der Waals surface area contributed by atoms with Crippen molar-refractivity contribution in [1.82, 2.24) is 9.55 Å². The van der Waals surface area contributed by atoms with Crippen LogP contribution in [-0.2, 0) is 6.54 Å². The molecule has 0 aliphatic carbocycles. The Bertz CT molecular complexity index is 1010. The molecule has 144 valence electrons. The van der Waals surface area contributed by atoms with E-state index in [1.54, 1.807) is 16.8 Å². The number of hydrogen-bond donors (Lipinski definition) is 2. The predicted octanol–water partition coefficient (Wildman–Crippen LogP) is 2.60. The van der Waals surface area contributed by atoms with E-state index in [1.165, 1.54) is 0 Å². The average Bonchev–Trinajstić information content (AvgIpc) is 2.63. The number of aliphatic hydroxyl groups excluding tert-OH is 1. The van der Waals surface area contributed by atoms with Crippen LogP contribution < -0.4 is 16.0 Å². The quantitative estimate of drug-likeness (QED) is 0.625. The lowest BCUT2D eigenvalue weighted by Gasteiger charge is -2.16. The molecule has 0 aliphatic heterocycles. The third-order valence-electron chi connectivity index (χ3n) is 4.77. The third kappa shape index (κ3) is 3.96. The van der Waals surface area contributed by atoms with Crippen LogP contribution in [0.3, 0.4) is 0 Å². The van der Waals surface area contributed by atoms with E-state index in [4.69, 9.17) is 10.5 Å². The molecule has 0 saturated carbocycles. The van der Waals surface area contributed by atoms with Crippen molar-refractivity contribution < 1.29 is 9.84 Å². The van der Waals surface area contributed by atoms with Crippen LogP contribution >= 0.6 is 0 Å². The van der Waals surface area contributed by atoms with Gasteiger partial charge >= 0.3 is 0 Å². The summed E-state index contributed by atoms with van der Waals surface area (Å²) >= 11 is 0. The van der Waals surface area contributed by atoms with Crippen molar-refractivity contribution in [2.24, 2.45) is 11.7 Å². The first-order chi connectivity index (χ1) is 12.9. The Morgan fingerprint density at radius 2 is 2.00 bits per heavy atom. The average molecular weight is 369 g/mol. The number of aliphatic hydroxyl groups is 1. The van der Waals surface area contributed by atoms with Crippen LogP contribution in [-0.4, -0.2) is 33.9 Å². The molecule has 2 aromatic heterocycles. The number of hydrogen-bond acceptors (Lipinski definition) is 5. The van der Waals surface area contributed by atoms with Crippen molar-refractivity contribution in [3.8, 4) is 5.75 Å². The number of nitrogens with zero attached hydrogens (tertiary/aromatic N) is 2. The van der Waals surface area contributed by atoms with Gasteiger partial charge in [0.25, 0.3) is 5.56 Å². The zero-order valence-electron chi connectivity index (χ0n) is 16.1. The van der Waals surface area contributed by atoms with E-state index < -0.39 is 0 Å². The fraction of sp³-hybridized carbons (Fsp3) is 0.429. The highest BCUT2D eigenvalue weighted by molar-refractivity contribution is 6.06. The first-order valence-electron chi connectivity index (χ1n) is 9.33. The number of benzene rings is 1. The van der Waals surface area contributed by atoms with Crippen molar-refractivity contribution in [3.05, 3.63) is 46.5 Å². The molecule has 3 N–H and O–H groups in total. The van der Waals surface area contributed by atoms with E-state index in [-0.39, 0.29) is 24.8 Å².